The smallest absolute Gasteiger partial charge is 0.126 e. The highest BCUT2D eigenvalue weighted by molar-refractivity contribution is 5.14. The molecule has 0 bridgehead atoms. The van der Waals surface area contributed by atoms with Crippen molar-refractivity contribution in [3.8, 4) is 0 Å². The first kappa shape index (κ1) is 17.6. The highest BCUT2D eigenvalue weighted by Crippen LogP contribution is 2.00. The van der Waals surface area contributed by atoms with Gasteiger partial charge in [-0.2, -0.15) is 0 Å². The van der Waals surface area contributed by atoms with E-state index >= 15 is 0 Å². The second-order valence-corrected chi connectivity index (χ2v) is 5.44. The van der Waals surface area contributed by atoms with E-state index in [2.05, 4.69) is 33.3 Å². The molecular weight excluding hydrogens is 294 g/mol. The summed E-state index contributed by atoms with van der Waals surface area (Å²) in [6, 6.07) is 10.2. The molecule has 0 spiro atoms. The third-order valence-corrected chi connectivity index (χ3v) is 2.45. The van der Waals surface area contributed by atoms with Gasteiger partial charge in [0.25, 0.3) is 0 Å². The Kier molecular flexibility index (Phi) is 8.44. The molecule has 0 saturated heterocycles. The fraction of sp³-hybridized carbons (Fsp3) is 0.571. The Morgan fingerprint density at radius 3 is 2.33 bits per heavy atom. The Balaban J connectivity index is 0.00000289. The highest BCUT2D eigenvalue weighted by atomic mass is 79.9. The zero-order chi connectivity index (χ0) is 12.7. The lowest BCUT2D eigenvalue weighted by Gasteiger charge is -2.26. The number of aliphatic hydroxyl groups excluding tert-OH is 1. The summed E-state index contributed by atoms with van der Waals surface area (Å²) < 4.78 is 6.24. The van der Waals surface area contributed by atoms with Gasteiger partial charge >= 0.3 is 0 Å². The van der Waals surface area contributed by atoms with Gasteiger partial charge < -0.3 is 31.3 Å². The van der Waals surface area contributed by atoms with Gasteiger partial charge in [0.15, 0.2) is 0 Å². The molecule has 1 N–H and O–H groups in total. The van der Waals surface area contributed by atoms with Crippen LogP contribution >= 0.6 is 0 Å². The molecule has 1 rings (SSSR count). The number of likely N-dealkylation sites (N-methyl/N-ethyl adjacent to an activating group) is 1. The molecule has 1 unspecified atom stereocenters. The lowest BCUT2D eigenvalue weighted by Crippen LogP contribution is -3.00. The fourth-order valence-electron chi connectivity index (χ4n) is 1.74. The number of aliphatic hydroxyl groups is 1. The van der Waals surface area contributed by atoms with Crippen LogP contribution in [0.2, 0.25) is 0 Å². The van der Waals surface area contributed by atoms with Crippen molar-refractivity contribution in [3.05, 3.63) is 35.9 Å². The van der Waals surface area contributed by atoms with E-state index in [0.717, 1.165) is 10.9 Å². The highest BCUT2D eigenvalue weighted by Gasteiger charge is 2.15. The second kappa shape index (κ2) is 8.64. The average Bonchev–Trinajstić information content (AvgIpc) is 2.23. The molecule has 0 aliphatic heterocycles. The zero-order valence-electron chi connectivity index (χ0n) is 11.5. The van der Waals surface area contributed by atoms with Gasteiger partial charge in [0.05, 0.1) is 34.4 Å². The molecule has 0 fully saturated rings. The molecule has 18 heavy (non-hydrogen) atoms. The van der Waals surface area contributed by atoms with Crippen LogP contribution in [0.25, 0.3) is 0 Å². The second-order valence-electron chi connectivity index (χ2n) is 5.44. The van der Waals surface area contributed by atoms with Crippen LogP contribution in [0.3, 0.4) is 0 Å². The van der Waals surface area contributed by atoms with Crippen LogP contribution in [0.1, 0.15) is 5.56 Å². The SMILES string of the molecule is C[N+](C)(C)CC(O)COCCc1ccccc1.[Br-]. The lowest BCUT2D eigenvalue weighted by molar-refractivity contribution is -0.873. The van der Waals surface area contributed by atoms with Crippen molar-refractivity contribution in [2.24, 2.45) is 0 Å². The number of halogens is 1. The molecule has 4 heteroatoms. The van der Waals surface area contributed by atoms with Crippen molar-refractivity contribution in [3.63, 3.8) is 0 Å². The monoisotopic (exact) mass is 317 g/mol. The van der Waals surface area contributed by atoms with E-state index in [1.807, 2.05) is 18.2 Å². The average molecular weight is 318 g/mol. The minimum Gasteiger partial charge on any atom is -1.00 e. The first-order chi connectivity index (χ1) is 7.97. The van der Waals surface area contributed by atoms with E-state index in [9.17, 15) is 5.11 Å². The molecule has 0 aromatic heterocycles. The van der Waals surface area contributed by atoms with Crippen molar-refractivity contribution < 1.29 is 31.3 Å². The molecule has 104 valence electrons. The van der Waals surface area contributed by atoms with E-state index in [4.69, 9.17) is 4.74 Å². The molecule has 1 aromatic carbocycles. The van der Waals surface area contributed by atoms with Crippen molar-refractivity contribution in [1.82, 2.24) is 0 Å². The fourth-order valence-corrected chi connectivity index (χ4v) is 1.74. The number of hydrogen-bond donors (Lipinski definition) is 1. The van der Waals surface area contributed by atoms with Gasteiger partial charge in [-0.15, -0.1) is 0 Å². The molecule has 0 aliphatic rings. The summed E-state index contributed by atoms with van der Waals surface area (Å²) in [6.45, 7) is 1.80. The molecule has 0 amide bonds. The summed E-state index contributed by atoms with van der Waals surface area (Å²) >= 11 is 0. The Bertz CT molecular complexity index is 311. The standard InChI is InChI=1S/C14H24NO2.BrH/c1-15(2,3)11-14(16)12-17-10-9-13-7-5-4-6-8-13;/h4-8,14,16H,9-12H2,1-3H3;1H/q+1;/p-1. The van der Waals surface area contributed by atoms with Crippen LogP contribution < -0.4 is 17.0 Å². The largest absolute Gasteiger partial charge is 1.00 e. The minimum absolute atomic E-state index is 0. The van der Waals surface area contributed by atoms with Gasteiger partial charge in [0, 0.05) is 0 Å². The van der Waals surface area contributed by atoms with E-state index < -0.39 is 0 Å². The molecule has 0 aliphatic carbocycles. The normalized spacial score (nSPS) is 12.9. The van der Waals surface area contributed by atoms with Crippen molar-refractivity contribution >= 4 is 0 Å². The number of ether oxygens (including phenoxy) is 1. The molecule has 0 radical (unpaired) electrons. The van der Waals surface area contributed by atoms with Crippen LogP contribution in [0.15, 0.2) is 30.3 Å². The quantitative estimate of drug-likeness (QED) is 0.481. The summed E-state index contributed by atoms with van der Waals surface area (Å²) in [7, 11) is 6.19. The summed E-state index contributed by atoms with van der Waals surface area (Å²) in [6.07, 6.45) is 0.517. The van der Waals surface area contributed by atoms with Gasteiger partial charge in [-0.05, 0) is 12.0 Å². The number of benzene rings is 1. The minimum atomic E-state index is -0.384. The maximum absolute atomic E-state index is 9.74. The summed E-state index contributed by atoms with van der Waals surface area (Å²) in [5.74, 6) is 0. The molecular formula is C14H24BrNO2. The summed E-state index contributed by atoms with van der Waals surface area (Å²) in [5.41, 5.74) is 1.27. The number of rotatable bonds is 7. The predicted octanol–water partition coefficient (Wildman–Crippen LogP) is -1.68. The Morgan fingerprint density at radius 2 is 1.78 bits per heavy atom. The van der Waals surface area contributed by atoms with E-state index in [1.54, 1.807) is 0 Å². The molecule has 1 atom stereocenters. The van der Waals surface area contributed by atoms with Gasteiger partial charge in [-0.1, -0.05) is 30.3 Å². The maximum Gasteiger partial charge on any atom is 0.126 e. The molecule has 0 heterocycles. The van der Waals surface area contributed by atoms with Crippen LogP contribution in [-0.4, -0.2) is 56.6 Å². The summed E-state index contributed by atoms with van der Waals surface area (Å²) in [4.78, 5) is 0. The number of hydrogen-bond acceptors (Lipinski definition) is 2. The molecule has 3 nitrogen and oxygen atoms in total. The zero-order valence-corrected chi connectivity index (χ0v) is 13.1. The number of quaternary nitrogens is 1. The first-order valence-corrected chi connectivity index (χ1v) is 6.07. The van der Waals surface area contributed by atoms with Crippen molar-refractivity contribution in [2.45, 2.75) is 12.5 Å². The van der Waals surface area contributed by atoms with Crippen LogP contribution in [0.5, 0.6) is 0 Å². The Hall–Kier alpha value is -0.420. The topological polar surface area (TPSA) is 29.5 Å². The van der Waals surface area contributed by atoms with E-state index in [-0.39, 0.29) is 23.1 Å². The maximum atomic E-state index is 9.74. The van der Waals surface area contributed by atoms with Crippen molar-refractivity contribution in [2.75, 3.05) is 40.9 Å². The van der Waals surface area contributed by atoms with Gasteiger partial charge in [-0.3, -0.25) is 0 Å². The van der Waals surface area contributed by atoms with Gasteiger partial charge in [0.2, 0.25) is 0 Å². The van der Waals surface area contributed by atoms with Crippen molar-refractivity contribution in [1.29, 1.82) is 0 Å². The third kappa shape index (κ3) is 8.64. The van der Waals surface area contributed by atoms with E-state index in [1.165, 1.54) is 5.56 Å². The number of nitrogens with zero attached hydrogens (tertiary/aromatic N) is 1. The Labute approximate surface area is 121 Å². The van der Waals surface area contributed by atoms with E-state index in [0.29, 0.717) is 19.8 Å². The molecule has 1 aromatic rings. The van der Waals surface area contributed by atoms with Crippen LogP contribution in [-0.2, 0) is 11.2 Å². The predicted molar refractivity (Wildman–Crippen MR) is 69.9 cm³/mol. The third-order valence-electron chi connectivity index (χ3n) is 2.45. The molecule has 0 saturated carbocycles. The summed E-state index contributed by atoms with van der Waals surface area (Å²) in [5, 5.41) is 9.74. The lowest BCUT2D eigenvalue weighted by atomic mass is 10.2. The first-order valence-electron chi connectivity index (χ1n) is 6.07. The van der Waals surface area contributed by atoms with Crippen LogP contribution in [0.4, 0.5) is 0 Å². The van der Waals surface area contributed by atoms with Gasteiger partial charge in [-0.25, -0.2) is 0 Å². The Morgan fingerprint density at radius 1 is 1.17 bits per heavy atom. The van der Waals surface area contributed by atoms with Crippen LogP contribution in [0, 0.1) is 0 Å². The van der Waals surface area contributed by atoms with Gasteiger partial charge in [0.1, 0.15) is 12.6 Å².